The van der Waals surface area contributed by atoms with Gasteiger partial charge < -0.3 is 9.47 Å². The van der Waals surface area contributed by atoms with E-state index in [9.17, 15) is 4.79 Å². The molecule has 1 heterocycles. The van der Waals surface area contributed by atoms with Gasteiger partial charge in [-0.1, -0.05) is 96.4 Å². The van der Waals surface area contributed by atoms with Gasteiger partial charge in [0.1, 0.15) is 18.5 Å². The largest absolute Gasteiger partial charge is 0.490 e. The molecule has 0 amide bonds. The second kappa shape index (κ2) is 17.5. The van der Waals surface area contributed by atoms with Crippen LogP contribution in [-0.2, 0) is 16.0 Å². The molecule has 5 nitrogen and oxygen atoms in total. The summed E-state index contributed by atoms with van der Waals surface area (Å²) in [5, 5.41) is 0. The maximum atomic E-state index is 12.1. The van der Waals surface area contributed by atoms with Crippen LogP contribution in [-0.4, -0.2) is 28.6 Å². The van der Waals surface area contributed by atoms with Crippen LogP contribution >= 0.6 is 0 Å². The molecule has 1 aromatic heterocycles. The molecule has 0 aliphatic rings. The molecule has 0 aliphatic heterocycles. The third-order valence-corrected chi connectivity index (χ3v) is 7.23. The molecule has 216 valence electrons. The smallest absolute Gasteiger partial charge is 0.306 e. The van der Waals surface area contributed by atoms with E-state index < -0.39 is 0 Å². The number of unbranched alkanes of at least 4 members (excludes halogenated alkanes) is 6. The predicted octanol–water partition coefficient (Wildman–Crippen LogP) is 9.24. The highest BCUT2D eigenvalue weighted by atomic mass is 16.6. The first-order valence-electron chi connectivity index (χ1n) is 15.3. The Bertz CT molecular complexity index is 1110. The van der Waals surface area contributed by atoms with Gasteiger partial charge in [-0.3, -0.25) is 4.79 Å². The van der Waals surface area contributed by atoms with E-state index in [1.54, 1.807) is 0 Å². The Morgan fingerprint density at radius 2 is 1.38 bits per heavy atom. The number of benzene rings is 2. The lowest BCUT2D eigenvalue weighted by Crippen LogP contribution is -2.23. The minimum Gasteiger partial charge on any atom is -0.490 e. The van der Waals surface area contributed by atoms with E-state index >= 15 is 0 Å². The summed E-state index contributed by atoms with van der Waals surface area (Å²) in [6.07, 6.45) is 16.5. The molecule has 0 saturated heterocycles. The fourth-order valence-corrected chi connectivity index (χ4v) is 4.88. The van der Waals surface area contributed by atoms with Crippen LogP contribution in [0.1, 0.15) is 97.5 Å². The van der Waals surface area contributed by atoms with Crippen molar-refractivity contribution in [3.63, 3.8) is 0 Å². The number of aryl methyl sites for hydroxylation is 1. The van der Waals surface area contributed by atoms with Crippen LogP contribution in [0.3, 0.4) is 0 Å². The number of carbonyl (C=O) groups excluding carboxylic acids is 1. The zero-order chi connectivity index (χ0) is 28.6. The second-order valence-corrected chi connectivity index (χ2v) is 11.1. The quantitative estimate of drug-likeness (QED) is 0.118. The molecule has 2 unspecified atom stereocenters. The van der Waals surface area contributed by atoms with Crippen molar-refractivity contribution >= 4 is 5.97 Å². The minimum absolute atomic E-state index is 0.160. The zero-order valence-electron chi connectivity index (χ0n) is 25.0. The maximum absolute atomic E-state index is 12.1. The van der Waals surface area contributed by atoms with Gasteiger partial charge in [-0.15, -0.1) is 0 Å². The lowest BCUT2D eigenvalue weighted by Gasteiger charge is -2.16. The van der Waals surface area contributed by atoms with E-state index in [2.05, 4.69) is 55.0 Å². The summed E-state index contributed by atoms with van der Waals surface area (Å²) in [7, 11) is 0. The van der Waals surface area contributed by atoms with Crippen LogP contribution < -0.4 is 4.74 Å². The first-order chi connectivity index (χ1) is 19.5. The van der Waals surface area contributed by atoms with Crippen molar-refractivity contribution in [3.8, 4) is 28.3 Å². The molecule has 0 radical (unpaired) electrons. The van der Waals surface area contributed by atoms with Crippen LogP contribution in [0.4, 0.5) is 0 Å². The van der Waals surface area contributed by atoms with Gasteiger partial charge >= 0.3 is 5.97 Å². The Balaban J connectivity index is 1.43. The summed E-state index contributed by atoms with van der Waals surface area (Å²) >= 11 is 0. The van der Waals surface area contributed by atoms with Gasteiger partial charge in [-0.2, -0.15) is 0 Å². The van der Waals surface area contributed by atoms with Gasteiger partial charge in [0.05, 0.1) is 0 Å². The van der Waals surface area contributed by atoms with E-state index in [0.717, 1.165) is 41.7 Å². The van der Waals surface area contributed by atoms with E-state index in [1.165, 1.54) is 50.5 Å². The van der Waals surface area contributed by atoms with Gasteiger partial charge in [0.2, 0.25) is 0 Å². The molecule has 5 heteroatoms. The van der Waals surface area contributed by atoms with Gasteiger partial charge in [0.15, 0.2) is 5.82 Å². The molecule has 2 aromatic carbocycles. The molecular weight excluding hydrogens is 496 g/mol. The molecule has 3 aromatic rings. The highest BCUT2D eigenvalue weighted by molar-refractivity contribution is 5.69. The number of hydrogen-bond donors (Lipinski definition) is 0. The molecule has 40 heavy (non-hydrogen) atoms. The average Bonchev–Trinajstić information content (AvgIpc) is 2.96. The standard InChI is InChI=1S/C35H48N2O3/c1-5-7-8-9-10-11-12-14-29-15-17-30(18-16-29)32-24-36-35(37-25-32)31-19-21-33(22-20-31)39-26-28(4)40-34(38)23-27(3)13-6-2/h15-22,24-25,27-28H,5-14,23,26H2,1-4H3. The Labute approximate surface area is 241 Å². The van der Waals surface area contributed by atoms with Crippen LogP contribution in [0.15, 0.2) is 60.9 Å². The fraction of sp³-hybridized carbons (Fsp3) is 0.514. The summed E-state index contributed by atoms with van der Waals surface area (Å²) in [4.78, 5) is 21.3. The van der Waals surface area contributed by atoms with Gasteiger partial charge in [0.25, 0.3) is 0 Å². The summed E-state index contributed by atoms with van der Waals surface area (Å²) in [6, 6.07) is 16.5. The monoisotopic (exact) mass is 544 g/mol. The Morgan fingerprint density at radius 3 is 2.02 bits per heavy atom. The number of nitrogens with zero attached hydrogens (tertiary/aromatic N) is 2. The topological polar surface area (TPSA) is 61.3 Å². The Kier molecular flexibility index (Phi) is 13.7. The van der Waals surface area contributed by atoms with Crippen molar-refractivity contribution < 1.29 is 14.3 Å². The van der Waals surface area contributed by atoms with Crippen molar-refractivity contribution in [2.45, 2.75) is 104 Å². The third kappa shape index (κ3) is 11.1. The Morgan fingerprint density at radius 1 is 0.750 bits per heavy atom. The molecule has 0 fully saturated rings. The molecule has 3 rings (SSSR count). The van der Waals surface area contributed by atoms with Crippen molar-refractivity contribution in [2.24, 2.45) is 5.92 Å². The maximum Gasteiger partial charge on any atom is 0.306 e. The molecular formula is C35H48N2O3. The number of aromatic nitrogens is 2. The lowest BCUT2D eigenvalue weighted by molar-refractivity contribution is -0.150. The number of carbonyl (C=O) groups is 1. The van der Waals surface area contributed by atoms with E-state index in [4.69, 9.17) is 9.47 Å². The van der Waals surface area contributed by atoms with Gasteiger partial charge in [0, 0.05) is 29.9 Å². The van der Waals surface area contributed by atoms with E-state index in [-0.39, 0.29) is 12.1 Å². The van der Waals surface area contributed by atoms with Gasteiger partial charge in [-0.05, 0) is 61.1 Å². The summed E-state index contributed by atoms with van der Waals surface area (Å²) in [5.74, 6) is 1.58. The molecule has 0 aliphatic carbocycles. The van der Waals surface area contributed by atoms with E-state index in [1.807, 2.05) is 43.6 Å². The lowest BCUT2D eigenvalue weighted by atomic mass is 10.0. The molecule has 2 atom stereocenters. The average molecular weight is 545 g/mol. The van der Waals surface area contributed by atoms with Crippen molar-refractivity contribution in [2.75, 3.05) is 6.61 Å². The molecule has 0 bridgehead atoms. The summed E-state index contributed by atoms with van der Waals surface area (Å²) < 4.78 is 11.3. The summed E-state index contributed by atoms with van der Waals surface area (Å²) in [5.41, 5.74) is 4.46. The highest BCUT2D eigenvalue weighted by Gasteiger charge is 2.14. The molecule has 0 spiro atoms. The highest BCUT2D eigenvalue weighted by Crippen LogP contribution is 2.23. The van der Waals surface area contributed by atoms with Crippen molar-refractivity contribution in [1.29, 1.82) is 0 Å². The number of ether oxygens (including phenoxy) is 2. The zero-order valence-corrected chi connectivity index (χ0v) is 25.0. The SMILES string of the molecule is CCCCCCCCCc1ccc(-c2cnc(-c3ccc(OCC(C)OC(=O)CC(C)CCC)cc3)nc2)cc1. The summed E-state index contributed by atoms with van der Waals surface area (Å²) in [6.45, 7) is 8.65. The van der Waals surface area contributed by atoms with Crippen molar-refractivity contribution in [3.05, 3.63) is 66.5 Å². The Hall–Kier alpha value is -3.21. The minimum atomic E-state index is -0.300. The first-order valence-corrected chi connectivity index (χ1v) is 15.3. The number of esters is 1. The van der Waals surface area contributed by atoms with Crippen LogP contribution in [0.25, 0.3) is 22.5 Å². The molecule has 0 N–H and O–H groups in total. The second-order valence-electron chi connectivity index (χ2n) is 11.1. The molecule has 0 saturated carbocycles. The van der Waals surface area contributed by atoms with Crippen LogP contribution in [0, 0.1) is 5.92 Å². The normalized spacial score (nSPS) is 12.6. The van der Waals surface area contributed by atoms with Crippen LogP contribution in [0.2, 0.25) is 0 Å². The predicted molar refractivity (Wildman–Crippen MR) is 164 cm³/mol. The van der Waals surface area contributed by atoms with Crippen molar-refractivity contribution in [1.82, 2.24) is 9.97 Å². The number of hydrogen-bond acceptors (Lipinski definition) is 5. The number of rotatable bonds is 18. The van der Waals surface area contributed by atoms with Crippen LogP contribution in [0.5, 0.6) is 5.75 Å². The third-order valence-electron chi connectivity index (χ3n) is 7.23. The van der Waals surface area contributed by atoms with Gasteiger partial charge in [-0.25, -0.2) is 9.97 Å². The fourth-order valence-electron chi connectivity index (χ4n) is 4.88. The van der Waals surface area contributed by atoms with E-state index in [0.29, 0.717) is 24.8 Å². The first kappa shape index (κ1) is 31.3.